The van der Waals surface area contributed by atoms with Crippen LogP contribution in [0.2, 0.25) is 5.02 Å². The van der Waals surface area contributed by atoms with Crippen molar-refractivity contribution in [3.63, 3.8) is 0 Å². The molecule has 1 amide bonds. The van der Waals surface area contributed by atoms with E-state index in [2.05, 4.69) is 10.5 Å². The smallest absolute Gasteiger partial charge is 0.360 e. The zero-order valence-corrected chi connectivity index (χ0v) is 17.7. The summed E-state index contributed by atoms with van der Waals surface area (Å²) in [6.45, 7) is 3.11. The number of anilines is 1. The summed E-state index contributed by atoms with van der Waals surface area (Å²) in [5, 5.41) is 5.61. The number of alkyl halides is 3. The maximum atomic E-state index is 13.0. The predicted octanol–water partition coefficient (Wildman–Crippen LogP) is 4.00. The number of halogens is 4. The highest BCUT2D eigenvalue weighted by Gasteiger charge is 2.37. The van der Waals surface area contributed by atoms with Crippen LogP contribution in [0.5, 0.6) is 0 Å². The van der Waals surface area contributed by atoms with Gasteiger partial charge in [-0.1, -0.05) is 16.8 Å². The average molecular weight is 466 g/mol. The number of carbonyl (C=O) groups excluding carboxylic acids is 1. The number of aryl methyl sites for hydroxylation is 2. The molecule has 1 atom stereocenters. The van der Waals surface area contributed by atoms with Gasteiger partial charge in [0.25, 0.3) is 0 Å². The largest absolute Gasteiger partial charge is 0.417 e. The lowest BCUT2D eigenvalue weighted by molar-refractivity contribution is -0.137. The highest BCUT2D eigenvalue weighted by atomic mass is 35.5. The number of carbonyl (C=O) groups is 1. The average Bonchev–Trinajstić information content (AvgIpc) is 3.01. The van der Waals surface area contributed by atoms with Crippen molar-refractivity contribution in [2.24, 2.45) is 5.92 Å². The lowest BCUT2D eigenvalue weighted by Gasteiger charge is -2.31. The number of nitrogens with zero attached hydrogens (tertiary/aromatic N) is 2. The molecule has 0 aliphatic carbocycles. The molecule has 1 unspecified atom stereocenters. The van der Waals surface area contributed by atoms with Gasteiger partial charge in [-0.3, -0.25) is 4.79 Å². The first-order chi connectivity index (χ1) is 13.9. The van der Waals surface area contributed by atoms with Crippen molar-refractivity contribution >= 4 is 33.2 Å². The van der Waals surface area contributed by atoms with Gasteiger partial charge >= 0.3 is 6.18 Å². The van der Waals surface area contributed by atoms with Gasteiger partial charge in [0.15, 0.2) is 5.76 Å². The minimum absolute atomic E-state index is 0.0314. The second-order valence-electron chi connectivity index (χ2n) is 7.04. The molecular formula is C18H19ClF3N3O4S. The standard InChI is InChI=1S/C18H19ClF3N3O4S/c1-10-16(11(2)29-24-10)30(27,28)25-7-3-4-12(9-25)17(26)23-13-5-6-15(19)14(8-13)18(20,21)22/h5-6,8,12H,3-4,7,9H2,1-2H3,(H,23,26). The van der Waals surface area contributed by atoms with E-state index in [1.165, 1.54) is 24.2 Å². The summed E-state index contributed by atoms with van der Waals surface area (Å²) in [6.07, 6.45) is -3.84. The minimum atomic E-state index is -4.66. The van der Waals surface area contributed by atoms with Crippen LogP contribution < -0.4 is 5.32 Å². The summed E-state index contributed by atoms with van der Waals surface area (Å²) in [4.78, 5) is 12.6. The summed E-state index contributed by atoms with van der Waals surface area (Å²) < 4.78 is 71.1. The van der Waals surface area contributed by atoms with Crippen LogP contribution in [0.15, 0.2) is 27.6 Å². The number of aromatic nitrogens is 1. The van der Waals surface area contributed by atoms with Crippen LogP contribution in [-0.2, 0) is 21.0 Å². The molecule has 1 aromatic carbocycles. The van der Waals surface area contributed by atoms with Crippen LogP contribution in [0.3, 0.4) is 0 Å². The molecule has 1 saturated heterocycles. The molecule has 2 aromatic rings. The van der Waals surface area contributed by atoms with Crippen LogP contribution in [0.25, 0.3) is 0 Å². The first-order valence-electron chi connectivity index (χ1n) is 9.02. The van der Waals surface area contributed by atoms with Crippen LogP contribution in [0, 0.1) is 19.8 Å². The number of rotatable bonds is 4. The van der Waals surface area contributed by atoms with E-state index in [1.807, 2.05) is 0 Å². The van der Waals surface area contributed by atoms with Gasteiger partial charge in [-0.25, -0.2) is 8.42 Å². The molecule has 1 N–H and O–H groups in total. The normalized spacial score (nSPS) is 18.4. The van der Waals surface area contributed by atoms with Gasteiger partial charge in [0.05, 0.1) is 16.5 Å². The third-order valence-electron chi connectivity index (χ3n) is 4.86. The van der Waals surface area contributed by atoms with E-state index in [4.69, 9.17) is 16.1 Å². The summed E-state index contributed by atoms with van der Waals surface area (Å²) in [7, 11) is -3.92. The minimum Gasteiger partial charge on any atom is -0.360 e. The van der Waals surface area contributed by atoms with Gasteiger partial charge in [-0.15, -0.1) is 0 Å². The molecule has 0 bridgehead atoms. The Hall–Kier alpha value is -2.11. The quantitative estimate of drug-likeness (QED) is 0.736. The van der Waals surface area contributed by atoms with Crippen molar-refractivity contribution in [2.45, 2.75) is 37.8 Å². The Morgan fingerprint density at radius 2 is 2.03 bits per heavy atom. The monoisotopic (exact) mass is 465 g/mol. The zero-order chi connectivity index (χ0) is 22.3. The van der Waals surface area contributed by atoms with Crippen LogP contribution in [0.1, 0.15) is 29.9 Å². The molecule has 30 heavy (non-hydrogen) atoms. The van der Waals surface area contributed by atoms with E-state index in [0.717, 1.165) is 12.1 Å². The third-order valence-corrected chi connectivity index (χ3v) is 7.30. The second-order valence-corrected chi connectivity index (χ2v) is 9.32. The van der Waals surface area contributed by atoms with Crippen LogP contribution in [-0.4, -0.2) is 36.9 Å². The molecule has 7 nitrogen and oxygen atoms in total. The van der Waals surface area contributed by atoms with Crippen molar-refractivity contribution in [3.05, 3.63) is 40.2 Å². The maximum absolute atomic E-state index is 13.0. The van der Waals surface area contributed by atoms with Crippen LogP contribution >= 0.6 is 11.6 Å². The van der Waals surface area contributed by atoms with Gasteiger partial charge in [-0.2, -0.15) is 17.5 Å². The van der Waals surface area contributed by atoms with Gasteiger partial charge in [0.2, 0.25) is 15.9 Å². The predicted molar refractivity (Wildman–Crippen MR) is 103 cm³/mol. The van der Waals surface area contributed by atoms with Crippen molar-refractivity contribution < 1.29 is 30.9 Å². The summed E-state index contributed by atoms with van der Waals surface area (Å²) >= 11 is 5.59. The molecule has 12 heteroatoms. The lowest BCUT2D eigenvalue weighted by atomic mass is 9.98. The molecule has 0 spiro atoms. The van der Waals surface area contributed by atoms with Crippen molar-refractivity contribution in [2.75, 3.05) is 18.4 Å². The van der Waals surface area contributed by atoms with E-state index in [0.29, 0.717) is 12.8 Å². The number of nitrogens with one attached hydrogen (secondary N) is 1. The van der Waals surface area contributed by atoms with Crippen molar-refractivity contribution in [1.82, 2.24) is 9.46 Å². The fourth-order valence-corrected chi connectivity index (χ4v) is 5.45. The van der Waals surface area contributed by atoms with Gasteiger partial charge in [0, 0.05) is 18.8 Å². The van der Waals surface area contributed by atoms with E-state index < -0.39 is 38.6 Å². The molecule has 1 aromatic heterocycles. The van der Waals surface area contributed by atoms with E-state index in [9.17, 15) is 26.4 Å². The second kappa shape index (κ2) is 8.20. The number of benzene rings is 1. The molecular weight excluding hydrogens is 447 g/mol. The number of amides is 1. The topological polar surface area (TPSA) is 92.5 Å². The number of piperidine rings is 1. The van der Waals surface area contributed by atoms with Gasteiger partial charge < -0.3 is 9.84 Å². The SMILES string of the molecule is Cc1noc(C)c1S(=O)(=O)N1CCCC(C(=O)Nc2ccc(Cl)c(C(F)(F)F)c2)C1. The third kappa shape index (κ3) is 4.47. The Morgan fingerprint density at radius 3 is 2.63 bits per heavy atom. The fraction of sp³-hybridized carbons (Fsp3) is 0.444. The number of hydrogen-bond acceptors (Lipinski definition) is 5. The molecule has 2 heterocycles. The Balaban J connectivity index is 1.77. The fourth-order valence-electron chi connectivity index (χ4n) is 3.41. The molecule has 1 aliphatic heterocycles. The maximum Gasteiger partial charge on any atom is 0.417 e. The summed E-state index contributed by atoms with van der Waals surface area (Å²) in [5.74, 6) is -1.14. The van der Waals surface area contributed by atoms with E-state index in [-0.39, 0.29) is 35.1 Å². The molecule has 0 saturated carbocycles. The van der Waals surface area contributed by atoms with Crippen molar-refractivity contribution in [3.8, 4) is 0 Å². The van der Waals surface area contributed by atoms with Crippen LogP contribution in [0.4, 0.5) is 18.9 Å². The van der Waals surface area contributed by atoms with Gasteiger partial charge in [0.1, 0.15) is 10.6 Å². The Kier molecular flexibility index (Phi) is 6.17. The van der Waals surface area contributed by atoms with Gasteiger partial charge in [-0.05, 0) is 44.9 Å². The highest BCUT2D eigenvalue weighted by molar-refractivity contribution is 7.89. The van der Waals surface area contributed by atoms with E-state index >= 15 is 0 Å². The molecule has 1 fully saturated rings. The van der Waals surface area contributed by atoms with E-state index in [1.54, 1.807) is 0 Å². The summed E-state index contributed by atoms with van der Waals surface area (Å²) in [6, 6.07) is 3.06. The Bertz CT molecular complexity index is 1050. The highest BCUT2D eigenvalue weighted by Crippen LogP contribution is 2.36. The number of sulfonamides is 1. The molecule has 3 rings (SSSR count). The molecule has 164 valence electrons. The zero-order valence-electron chi connectivity index (χ0n) is 16.1. The molecule has 0 radical (unpaired) electrons. The van der Waals surface area contributed by atoms with Crippen molar-refractivity contribution in [1.29, 1.82) is 0 Å². The Labute approximate surface area is 176 Å². The first kappa shape index (κ1) is 22.6. The molecule has 1 aliphatic rings. The number of hydrogen-bond donors (Lipinski definition) is 1. The first-order valence-corrected chi connectivity index (χ1v) is 10.8. The lowest BCUT2D eigenvalue weighted by Crippen LogP contribution is -2.43. The Morgan fingerprint density at radius 1 is 1.33 bits per heavy atom. The summed E-state index contributed by atoms with van der Waals surface area (Å²) in [5.41, 5.74) is -0.907.